The summed E-state index contributed by atoms with van der Waals surface area (Å²) >= 11 is 0. The predicted octanol–water partition coefficient (Wildman–Crippen LogP) is 5.37. The molecule has 1 aliphatic rings. The van der Waals surface area contributed by atoms with Gasteiger partial charge in [-0.3, -0.25) is 0 Å². The number of carbonyl (C=O) groups excluding carboxylic acids is 2. The maximum Gasteiger partial charge on any atom is 0.452 e. The molecule has 132 valence electrons. The molecule has 0 aromatic carbocycles. The Labute approximate surface area is 140 Å². The Kier molecular flexibility index (Phi) is 6.92. The zero-order valence-corrected chi connectivity index (χ0v) is 16.4. The summed E-state index contributed by atoms with van der Waals surface area (Å²) in [6.45, 7) is 12.3. The quantitative estimate of drug-likeness (QED) is 0.499. The normalized spacial score (nSPS) is 17.5. The van der Waals surface area contributed by atoms with Crippen molar-refractivity contribution in [3.05, 3.63) is 0 Å². The van der Waals surface area contributed by atoms with Crippen molar-refractivity contribution in [2.75, 3.05) is 0 Å². The highest BCUT2D eigenvalue weighted by molar-refractivity contribution is 6.60. The lowest BCUT2D eigenvalue weighted by molar-refractivity contribution is 0.0816. The van der Waals surface area contributed by atoms with Crippen LogP contribution in [-0.4, -0.2) is 27.3 Å². The summed E-state index contributed by atoms with van der Waals surface area (Å²) in [6, 6.07) is 0. The molecule has 23 heavy (non-hydrogen) atoms. The zero-order chi connectivity index (χ0) is 17.7. The molecule has 1 aliphatic carbocycles. The number of ether oxygens (including phenoxy) is 1. The maximum absolute atomic E-state index is 11.9. The number of rotatable bonds is 2. The van der Waals surface area contributed by atoms with Crippen molar-refractivity contribution in [3.63, 3.8) is 0 Å². The first-order chi connectivity index (χ1) is 10.5. The van der Waals surface area contributed by atoms with E-state index in [9.17, 15) is 9.59 Å². The highest BCUT2D eigenvalue weighted by atomic mass is 28.3. The summed E-state index contributed by atoms with van der Waals surface area (Å²) in [6.07, 6.45) is 3.29. The lowest BCUT2D eigenvalue weighted by Crippen LogP contribution is -2.39. The molecule has 7 heteroatoms. The smallest absolute Gasteiger partial charge is 0.452 e. The van der Waals surface area contributed by atoms with Gasteiger partial charge in [0.05, 0.1) is 0 Å². The van der Waals surface area contributed by atoms with Gasteiger partial charge in [0.25, 0.3) is 9.04 Å². The van der Waals surface area contributed by atoms with Crippen LogP contribution >= 0.6 is 0 Å². The number of hydrogen-bond donors (Lipinski definition) is 0. The second-order valence-corrected chi connectivity index (χ2v) is 12.8. The molecule has 0 bridgehead atoms. The molecule has 0 spiro atoms. The van der Waals surface area contributed by atoms with Crippen molar-refractivity contribution >= 4 is 21.2 Å². The largest absolute Gasteiger partial charge is 0.503 e. The molecular formula is C16H30N2O4Si. The van der Waals surface area contributed by atoms with Crippen molar-refractivity contribution in [3.8, 4) is 0 Å². The standard InChI is InChI=1S/C16H30N2O4Si/c1-15(2,3)23(16(4,5)6)22-14(20)18-17-13(19)21-12-10-8-7-9-11-12/h12,23H,7-11H2,1-6H3. The molecule has 0 atom stereocenters. The van der Waals surface area contributed by atoms with Crippen LogP contribution < -0.4 is 0 Å². The van der Waals surface area contributed by atoms with E-state index in [1.54, 1.807) is 0 Å². The maximum atomic E-state index is 11.9. The molecule has 1 saturated carbocycles. The topological polar surface area (TPSA) is 77.3 Å². The van der Waals surface area contributed by atoms with Crippen LogP contribution in [0.4, 0.5) is 9.59 Å². The molecule has 0 radical (unpaired) electrons. The Morgan fingerprint density at radius 1 is 0.870 bits per heavy atom. The molecule has 0 heterocycles. The first kappa shape index (κ1) is 19.8. The van der Waals surface area contributed by atoms with Crippen LogP contribution in [-0.2, 0) is 9.16 Å². The van der Waals surface area contributed by atoms with Gasteiger partial charge >= 0.3 is 12.2 Å². The molecule has 0 saturated heterocycles. The van der Waals surface area contributed by atoms with E-state index in [4.69, 9.17) is 9.16 Å². The van der Waals surface area contributed by atoms with E-state index in [1.165, 1.54) is 6.42 Å². The van der Waals surface area contributed by atoms with E-state index in [2.05, 4.69) is 51.8 Å². The highest BCUT2D eigenvalue weighted by Gasteiger charge is 2.41. The molecule has 0 N–H and O–H groups in total. The average Bonchev–Trinajstić information content (AvgIpc) is 2.41. The fourth-order valence-corrected chi connectivity index (χ4v) is 6.76. The molecule has 2 amide bonds. The van der Waals surface area contributed by atoms with Gasteiger partial charge < -0.3 is 9.16 Å². The minimum Gasteiger partial charge on any atom is -0.503 e. The zero-order valence-electron chi connectivity index (χ0n) is 15.2. The molecule has 6 nitrogen and oxygen atoms in total. The van der Waals surface area contributed by atoms with Crippen molar-refractivity contribution in [1.29, 1.82) is 0 Å². The first-order valence-electron chi connectivity index (χ1n) is 8.33. The predicted molar refractivity (Wildman–Crippen MR) is 91.3 cm³/mol. The second-order valence-electron chi connectivity index (χ2n) is 8.34. The Bertz CT molecular complexity index is 432. The van der Waals surface area contributed by atoms with Gasteiger partial charge in [-0.15, -0.1) is 0 Å². The SMILES string of the molecule is CC(C)(C)[SiH](OC(=O)N=NC(=O)OC1CCCCC1)C(C)(C)C. The third-order valence-corrected chi connectivity index (χ3v) is 7.41. The fraction of sp³-hybridized carbons (Fsp3) is 0.875. The Balaban J connectivity index is 2.54. The summed E-state index contributed by atoms with van der Waals surface area (Å²) in [5, 5.41) is 6.52. The number of azo groups is 1. The molecule has 0 unspecified atom stereocenters. The minimum absolute atomic E-state index is 0.0995. The van der Waals surface area contributed by atoms with Gasteiger partial charge in [0.1, 0.15) is 6.10 Å². The van der Waals surface area contributed by atoms with Crippen LogP contribution in [0.25, 0.3) is 0 Å². The van der Waals surface area contributed by atoms with Crippen LogP contribution in [0.15, 0.2) is 10.2 Å². The van der Waals surface area contributed by atoms with Crippen LogP contribution in [0.5, 0.6) is 0 Å². The van der Waals surface area contributed by atoms with E-state index in [-0.39, 0.29) is 16.2 Å². The third kappa shape index (κ3) is 7.24. The Hall–Kier alpha value is -1.24. The number of carbonyl (C=O) groups is 2. The molecule has 0 aromatic heterocycles. The average molecular weight is 343 g/mol. The van der Waals surface area contributed by atoms with Crippen LogP contribution in [0.3, 0.4) is 0 Å². The van der Waals surface area contributed by atoms with Gasteiger partial charge in [-0.2, -0.15) is 0 Å². The monoisotopic (exact) mass is 342 g/mol. The summed E-state index contributed by atoms with van der Waals surface area (Å²) in [4.78, 5) is 23.5. The first-order valence-corrected chi connectivity index (χ1v) is 9.96. The lowest BCUT2D eigenvalue weighted by atomic mass is 9.98. The number of nitrogens with zero attached hydrogens (tertiary/aromatic N) is 2. The molecule has 1 fully saturated rings. The van der Waals surface area contributed by atoms with Crippen molar-refractivity contribution in [2.45, 2.75) is 89.8 Å². The van der Waals surface area contributed by atoms with Gasteiger partial charge in [-0.1, -0.05) is 58.2 Å². The summed E-state index contributed by atoms with van der Waals surface area (Å²) in [7, 11) is -1.92. The number of amides is 2. The third-order valence-electron chi connectivity index (χ3n) is 3.82. The van der Waals surface area contributed by atoms with E-state index in [0.717, 1.165) is 25.7 Å². The van der Waals surface area contributed by atoms with Crippen molar-refractivity contribution < 1.29 is 18.8 Å². The molecular weight excluding hydrogens is 312 g/mol. The van der Waals surface area contributed by atoms with Gasteiger partial charge in [0.2, 0.25) is 0 Å². The molecule has 1 rings (SSSR count). The van der Waals surface area contributed by atoms with E-state index in [1.807, 2.05) is 0 Å². The van der Waals surface area contributed by atoms with Gasteiger partial charge in [-0.25, -0.2) is 9.59 Å². The summed E-state index contributed by atoms with van der Waals surface area (Å²) in [5.41, 5.74) is 0. The van der Waals surface area contributed by atoms with Crippen molar-refractivity contribution in [1.82, 2.24) is 0 Å². The van der Waals surface area contributed by atoms with Crippen LogP contribution in [0.1, 0.15) is 73.6 Å². The Morgan fingerprint density at radius 3 is 1.83 bits per heavy atom. The molecule has 0 aromatic rings. The van der Waals surface area contributed by atoms with Gasteiger partial charge in [-0.05, 0) is 35.8 Å². The molecule has 0 aliphatic heterocycles. The van der Waals surface area contributed by atoms with E-state index in [0.29, 0.717) is 0 Å². The van der Waals surface area contributed by atoms with Crippen molar-refractivity contribution in [2.24, 2.45) is 10.2 Å². The summed E-state index contributed by atoms with van der Waals surface area (Å²) in [5.74, 6) is 0. The van der Waals surface area contributed by atoms with E-state index < -0.39 is 21.2 Å². The lowest BCUT2D eigenvalue weighted by Gasteiger charge is -2.36. The van der Waals surface area contributed by atoms with Crippen LogP contribution in [0.2, 0.25) is 10.1 Å². The van der Waals surface area contributed by atoms with Gasteiger partial charge in [0.15, 0.2) is 0 Å². The number of hydrogen-bond acceptors (Lipinski definition) is 4. The summed E-state index contributed by atoms with van der Waals surface area (Å²) < 4.78 is 10.7. The highest BCUT2D eigenvalue weighted by Crippen LogP contribution is 2.42. The second kappa shape index (κ2) is 8.03. The minimum atomic E-state index is -1.92. The Morgan fingerprint density at radius 2 is 1.35 bits per heavy atom. The van der Waals surface area contributed by atoms with Crippen LogP contribution in [0, 0.1) is 0 Å². The van der Waals surface area contributed by atoms with E-state index >= 15 is 0 Å². The fourth-order valence-electron chi connectivity index (χ4n) is 3.21. The van der Waals surface area contributed by atoms with Gasteiger partial charge in [0, 0.05) is 0 Å².